The third-order valence-corrected chi connectivity index (χ3v) is 4.76. The Kier molecular flexibility index (Phi) is 5.56. The van der Waals surface area contributed by atoms with Crippen LogP contribution in [0.15, 0.2) is 60.7 Å². The largest absolute Gasteiger partial charge is 0.245 e. The average molecular weight is 385 g/mol. The van der Waals surface area contributed by atoms with Gasteiger partial charge in [0.1, 0.15) is 5.82 Å². The van der Waals surface area contributed by atoms with E-state index < -0.39 is 0 Å². The second-order valence-electron chi connectivity index (χ2n) is 6.71. The molecule has 0 saturated heterocycles. The minimum absolute atomic E-state index is 0.591. The van der Waals surface area contributed by atoms with Crippen molar-refractivity contribution in [3.63, 3.8) is 0 Å². The molecule has 0 bridgehead atoms. The first kappa shape index (κ1) is 18.7. The minimum Gasteiger partial charge on any atom is -0.245 e. The van der Waals surface area contributed by atoms with Gasteiger partial charge >= 0.3 is 0 Å². The molecule has 4 aromatic rings. The fourth-order valence-electron chi connectivity index (χ4n) is 3.25. The lowest BCUT2D eigenvalue weighted by Gasteiger charge is -2.09. The maximum Gasteiger partial charge on any atom is 0.205 e. The summed E-state index contributed by atoms with van der Waals surface area (Å²) in [5.41, 5.74) is 4.31. The molecule has 0 spiro atoms. The van der Waals surface area contributed by atoms with E-state index >= 15 is 0 Å². The SMILES string of the molecule is C/C=C/Cc1nc(CC)nn1Cc1ccc(-c2ccccc2-c2nn[nH]n2)cc1. The molecule has 0 saturated carbocycles. The van der Waals surface area contributed by atoms with Crippen LogP contribution in [0.5, 0.6) is 0 Å². The predicted octanol–water partition coefficient (Wildman–Crippen LogP) is 3.85. The maximum atomic E-state index is 4.65. The normalized spacial score (nSPS) is 11.4. The quantitative estimate of drug-likeness (QED) is 0.488. The van der Waals surface area contributed by atoms with Gasteiger partial charge in [-0.3, -0.25) is 0 Å². The third-order valence-electron chi connectivity index (χ3n) is 4.76. The van der Waals surface area contributed by atoms with Crippen molar-refractivity contribution < 1.29 is 0 Å². The number of nitrogens with zero attached hydrogens (tertiary/aromatic N) is 6. The first-order chi connectivity index (χ1) is 14.3. The lowest BCUT2D eigenvalue weighted by Crippen LogP contribution is -2.06. The molecule has 0 radical (unpaired) electrons. The molecule has 0 aliphatic rings. The second kappa shape index (κ2) is 8.60. The maximum absolute atomic E-state index is 4.65. The number of aromatic amines is 1. The van der Waals surface area contributed by atoms with Crippen LogP contribution in [-0.4, -0.2) is 35.4 Å². The number of hydrogen-bond donors (Lipinski definition) is 1. The molecule has 7 nitrogen and oxygen atoms in total. The van der Waals surface area contributed by atoms with Crippen molar-refractivity contribution in [1.82, 2.24) is 35.4 Å². The van der Waals surface area contributed by atoms with Gasteiger partial charge in [0.25, 0.3) is 0 Å². The van der Waals surface area contributed by atoms with Gasteiger partial charge in [-0.2, -0.15) is 10.3 Å². The van der Waals surface area contributed by atoms with Crippen molar-refractivity contribution in [2.24, 2.45) is 0 Å². The Morgan fingerprint density at radius 2 is 1.83 bits per heavy atom. The molecule has 0 atom stereocenters. The molecule has 0 aliphatic heterocycles. The molecule has 0 aliphatic carbocycles. The summed E-state index contributed by atoms with van der Waals surface area (Å²) in [7, 11) is 0. The van der Waals surface area contributed by atoms with Crippen molar-refractivity contribution in [3.8, 4) is 22.5 Å². The highest BCUT2D eigenvalue weighted by atomic mass is 15.5. The molecule has 0 fully saturated rings. The molecule has 1 N–H and O–H groups in total. The standard InChI is InChI=1S/C22H23N7/c1-3-5-10-21-23-20(4-2)26-29(21)15-16-11-13-17(14-12-16)18-8-6-7-9-19(18)22-24-27-28-25-22/h3,5-9,11-14H,4,10,15H2,1-2H3,(H,24,25,27,28)/b5-3+. The molecular formula is C22H23N7. The Balaban J connectivity index is 1.60. The number of aromatic nitrogens is 7. The number of H-pyrrole nitrogens is 1. The first-order valence-electron chi connectivity index (χ1n) is 9.74. The zero-order chi connectivity index (χ0) is 20.1. The van der Waals surface area contributed by atoms with Crippen molar-refractivity contribution in [2.45, 2.75) is 33.2 Å². The Hall–Kier alpha value is -3.61. The van der Waals surface area contributed by atoms with E-state index in [2.05, 4.69) is 74.0 Å². The van der Waals surface area contributed by atoms with Crippen molar-refractivity contribution >= 4 is 0 Å². The van der Waals surface area contributed by atoms with Crippen molar-refractivity contribution in [1.29, 1.82) is 0 Å². The van der Waals surface area contributed by atoms with Gasteiger partial charge < -0.3 is 0 Å². The molecule has 0 unspecified atom stereocenters. The summed E-state index contributed by atoms with van der Waals surface area (Å²) >= 11 is 0. The molecule has 2 heterocycles. The van der Waals surface area contributed by atoms with Crippen LogP contribution in [-0.2, 0) is 19.4 Å². The molecule has 2 aromatic heterocycles. The summed E-state index contributed by atoms with van der Waals surface area (Å²) in [5, 5.41) is 19.1. The van der Waals surface area contributed by atoms with E-state index in [9.17, 15) is 0 Å². The Labute approximate surface area is 169 Å². The molecule has 29 heavy (non-hydrogen) atoms. The number of rotatable bonds is 7. The van der Waals surface area contributed by atoms with Crippen LogP contribution in [0.4, 0.5) is 0 Å². The van der Waals surface area contributed by atoms with Gasteiger partial charge in [-0.1, -0.05) is 67.6 Å². The highest BCUT2D eigenvalue weighted by Crippen LogP contribution is 2.29. The topological polar surface area (TPSA) is 85.2 Å². The zero-order valence-electron chi connectivity index (χ0n) is 16.6. The van der Waals surface area contributed by atoms with Crippen LogP contribution in [0.25, 0.3) is 22.5 Å². The summed E-state index contributed by atoms with van der Waals surface area (Å²) in [6.07, 6.45) is 5.78. The molecular weight excluding hydrogens is 362 g/mol. The summed E-state index contributed by atoms with van der Waals surface area (Å²) in [4.78, 5) is 4.65. The number of benzene rings is 2. The molecule has 2 aromatic carbocycles. The summed E-state index contributed by atoms with van der Waals surface area (Å²) in [6, 6.07) is 16.6. The molecule has 146 valence electrons. The van der Waals surface area contributed by atoms with E-state index in [-0.39, 0.29) is 0 Å². The zero-order valence-corrected chi connectivity index (χ0v) is 16.6. The molecule has 7 heteroatoms. The van der Waals surface area contributed by atoms with E-state index in [4.69, 9.17) is 0 Å². The van der Waals surface area contributed by atoms with E-state index in [1.54, 1.807) is 0 Å². The Morgan fingerprint density at radius 3 is 2.52 bits per heavy atom. The molecule has 4 rings (SSSR count). The first-order valence-corrected chi connectivity index (χ1v) is 9.74. The average Bonchev–Trinajstić information content (AvgIpc) is 3.43. The monoisotopic (exact) mass is 385 g/mol. The van der Waals surface area contributed by atoms with Gasteiger partial charge in [-0.15, -0.1) is 10.2 Å². The van der Waals surface area contributed by atoms with E-state index in [1.165, 1.54) is 5.56 Å². The van der Waals surface area contributed by atoms with E-state index in [0.29, 0.717) is 12.4 Å². The Morgan fingerprint density at radius 1 is 1.03 bits per heavy atom. The third kappa shape index (κ3) is 4.13. The predicted molar refractivity (Wildman–Crippen MR) is 112 cm³/mol. The lowest BCUT2D eigenvalue weighted by atomic mass is 9.98. The van der Waals surface area contributed by atoms with Crippen LogP contribution < -0.4 is 0 Å². The number of tetrazole rings is 1. The fourth-order valence-corrected chi connectivity index (χ4v) is 3.25. The van der Waals surface area contributed by atoms with E-state index in [0.717, 1.165) is 41.2 Å². The van der Waals surface area contributed by atoms with Gasteiger partial charge in [0.2, 0.25) is 5.82 Å². The smallest absolute Gasteiger partial charge is 0.205 e. The van der Waals surface area contributed by atoms with Gasteiger partial charge in [-0.25, -0.2) is 9.67 Å². The summed E-state index contributed by atoms with van der Waals surface area (Å²) in [6.45, 7) is 4.80. The van der Waals surface area contributed by atoms with Crippen LogP contribution in [0.2, 0.25) is 0 Å². The lowest BCUT2D eigenvalue weighted by molar-refractivity contribution is 0.643. The van der Waals surface area contributed by atoms with Gasteiger partial charge in [0.05, 0.1) is 6.54 Å². The minimum atomic E-state index is 0.591. The number of allylic oxidation sites excluding steroid dienone is 2. The molecule has 0 amide bonds. The number of hydrogen-bond acceptors (Lipinski definition) is 5. The Bertz CT molecular complexity index is 1090. The van der Waals surface area contributed by atoms with Crippen LogP contribution in [0.3, 0.4) is 0 Å². The van der Waals surface area contributed by atoms with Crippen LogP contribution >= 0.6 is 0 Å². The van der Waals surface area contributed by atoms with Gasteiger partial charge in [-0.05, 0) is 28.8 Å². The fraction of sp³-hybridized carbons (Fsp3) is 0.227. The summed E-state index contributed by atoms with van der Waals surface area (Å²) < 4.78 is 2.00. The highest BCUT2D eigenvalue weighted by Gasteiger charge is 2.11. The van der Waals surface area contributed by atoms with Crippen LogP contribution in [0, 0.1) is 0 Å². The number of aryl methyl sites for hydroxylation is 1. The van der Waals surface area contributed by atoms with Crippen molar-refractivity contribution in [2.75, 3.05) is 0 Å². The van der Waals surface area contributed by atoms with Gasteiger partial charge in [0.15, 0.2) is 5.82 Å². The second-order valence-corrected chi connectivity index (χ2v) is 6.71. The van der Waals surface area contributed by atoms with Crippen molar-refractivity contribution in [3.05, 3.63) is 77.9 Å². The van der Waals surface area contributed by atoms with E-state index in [1.807, 2.05) is 35.9 Å². The van der Waals surface area contributed by atoms with Crippen LogP contribution in [0.1, 0.15) is 31.1 Å². The summed E-state index contributed by atoms with van der Waals surface area (Å²) in [5.74, 6) is 2.47. The highest BCUT2D eigenvalue weighted by molar-refractivity contribution is 5.80. The van der Waals surface area contributed by atoms with Gasteiger partial charge in [0, 0.05) is 18.4 Å². The number of nitrogens with one attached hydrogen (secondary N) is 1.